The number of anilines is 1. The van der Waals surface area contributed by atoms with Crippen LogP contribution in [-0.2, 0) is 10.2 Å². The first-order valence-electron chi connectivity index (χ1n) is 8.57. The minimum atomic E-state index is -0.575. The van der Waals surface area contributed by atoms with Gasteiger partial charge in [-0.1, -0.05) is 61.9 Å². The van der Waals surface area contributed by atoms with Crippen LogP contribution >= 0.6 is 11.6 Å². The van der Waals surface area contributed by atoms with Crippen molar-refractivity contribution in [3.8, 4) is 0 Å². The van der Waals surface area contributed by atoms with Crippen LogP contribution < -0.4 is 10.2 Å². The van der Waals surface area contributed by atoms with Gasteiger partial charge in [0.1, 0.15) is 5.66 Å². The molecule has 0 aromatic heterocycles. The Kier molecular flexibility index (Phi) is 3.66. The number of nitrogens with one attached hydrogen (secondary N) is 1. The summed E-state index contributed by atoms with van der Waals surface area (Å²) in [5.41, 5.74) is 2.65. The molecule has 1 saturated heterocycles. The zero-order chi connectivity index (χ0) is 17.7. The lowest BCUT2D eigenvalue weighted by molar-refractivity contribution is -0.124. The number of carbonyl (C=O) groups is 1. The topological polar surface area (TPSA) is 32.3 Å². The third kappa shape index (κ3) is 2.37. The molecule has 3 nitrogen and oxygen atoms in total. The standard InChI is InChI=1S/C21H21ClN2O/c1-20(2)17-8-3-4-9-18(17)24-13-11-19(25)23-21(20,24)12-10-15-6-5-7-16(22)14-15/h3-10,12,14H,11,13H2,1-2H3,(H,23,25)/b12-10+. The van der Waals surface area contributed by atoms with Crippen LogP contribution in [0.3, 0.4) is 0 Å². The molecule has 0 aliphatic carbocycles. The van der Waals surface area contributed by atoms with Gasteiger partial charge < -0.3 is 10.2 Å². The minimum absolute atomic E-state index is 0.0906. The molecule has 1 unspecified atom stereocenters. The lowest BCUT2D eigenvalue weighted by Crippen LogP contribution is -2.68. The largest absolute Gasteiger partial charge is 0.344 e. The zero-order valence-corrected chi connectivity index (χ0v) is 15.2. The second kappa shape index (κ2) is 5.63. The molecule has 2 heterocycles. The zero-order valence-electron chi connectivity index (χ0n) is 14.4. The third-order valence-electron chi connectivity index (χ3n) is 5.50. The molecule has 1 N–H and O–H groups in total. The van der Waals surface area contributed by atoms with E-state index in [1.54, 1.807) is 0 Å². The molecule has 0 radical (unpaired) electrons. The Hall–Kier alpha value is -2.26. The van der Waals surface area contributed by atoms with Gasteiger partial charge >= 0.3 is 0 Å². The summed E-state index contributed by atoms with van der Waals surface area (Å²) in [7, 11) is 0. The molecule has 2 aliphatic rings. The van der Waals surface area contributed by atoms with E-state index in [1.165, 1.54) is 11.3 Å². The molecule has 128 valence electrons. The normalized spacial score (nSPS) is 24.1. The van der Waals surface area contributed by atoms with Crippen molar-refractivity contribution in [1.29, 1.82) is 0 Å². The van der Waals surface area contributed by atoms with Crippen LogP contribution in [0, 0.1) is 0 Å². The molecule has 1 amide bonds. The molecule has 4 heteroatoms. The highest BCUT2D eigenvalue weighted by molar-refractivity contribution is 6.30. The van der Waals surface area contributed by atoms with Gasteiger partial charge in [-0.15, -0.1) is 0 Å². The highest BCUT2D eigenvalue weighted by Gasteiger charge is 2.57. The van der Waals surface area contributed by atoms with Crippen molar-refractivity contribution in [2.24, 2.45) is 0 Å². The number of benzene rings is 2. The Bertz CT molecular complexity index is 874. The fourth-order valence-electron chi connectivity index (χ4n) is 4.15. The van der Waals surface area contributed by atoms with Gasteiger partial charge in [-0.3, -0.25) is 4.79 Å². The maximum Gasteiger partial charge on any atom is 0.223 e. The SMILES string of the molecule is CC1(C)c2ccccc2N2CCC(=O)NC21/C=C/c1cccc(Cl)c1. The van der Waals surface area contributed by atoms with Gasteiger partial charge in [0.25, 0.3) is 0 Å². The Morgan fingerprint density at radius 2 is 1.96 bits per heavy atom. The van der Waals surface area contributed by atoms with Crippen LogP contribution in [-0.4, -0.2) is 18.1 Å². The van der Waals surface area contributed by atoms with Crippen LogP contribution in [0.2, 0.25) is 5.02 Å². The lowest BCUT2D eigenvalue weighted by atomic mass is 9.74. The number of nitrogens with zero attached hydrogens (tertiary/aromatic N) is 1. The summed E-state index contributed by atoms with van der Waals surface area (Å²) in [6, 6.07) is 16.2. The second-order valence-corrected chi connectivity index (χ2v) is 7.68. The van der Waals surface area contributed by atoms with Crippen LogP contribution in [0.15, 0.2) is 54.6 Å². The van der Waals surface area contributed by atoms with Gasteiger partial charge in [-0.2, -0.15) is 0 Å². The van der Waals surface area contributed by atoms with E-state index in [-0.39, 0.29) is 11.3 Å². The van der Waals surface area contributed by atoms with E-state index in [0.29, 0.717) is 18.0 Å². The van der Waals surface area contributed by atoms with Crippen molar-refractivity contribution in [1.82, 2.24) is 5.32 Å². The van der Waals surface area contributed by atoms with E-state index in [9.17, 15) is 4.79 Å². The van der Waals surface area contributed by atoms with Gasteiger partial charge in [0.05, 0.1) is 0 Å². The molecular formula is C21H21ClN2O. The Morgan fingerprint density at radius 3 is 2.76 bits per heavy atom. The quantitative estimate of drug-likeness (QED) is 0.870. The summed E-state index contributed by atoms with van der Waals surface area (Å²) in [5, 5.41) is 3.99. The van der Waals surface area contributed by atoms with Crippen LogP contribution in [0.25, 0.3) is 6.08 Å². The van der Waals surface area contributed by atoms with Gasteiger partial charge in [0, 0.05) is 29.1 Å². The van der Waals surface area contributed by atoms with E-state index in [2.05, 4.69) is 60.5 Å². The Balaban J connectivity index is 1.85. The first-order valence-corrected chi connectivity index (χ1v) is 8.95. The molecule has 2 aromatic rings. The summed E-state index contributed by atoms with van der Waals surface area (Å²) < 4.78 is 0. The van der Waals surface area contributed by atoms with Crippen molar-refractivity contribution in [2.45, 2.75) is 31.3 Å². The predicted octanol–water partition coefficient (Wildman–Crippen LogP) is 4.37. The molecule has 0 spiro atoms. The Morgan fingerprint density at radius 1 is 1.16 bits per heavy atom. The van der Waals surface area contributed by atoms with Crippen molar-refractivity contribution >= 4 is 29.3 Å². The lowest BCUT2D eigenvalue weighted by Gasteiger charge is -2.49. The number of para-hydroxylation sites is 1. The molecule has 0 saturated carbocycles. The van der Waals surface area contributed by atoms with Gasteiger partial charge in [-0.25, -0.2) is 0 Å². The summed E-state index contributed by atoms with van der Waals surface area (Å²) in [6.45, 7) is 5.10. The summed E-state index contributed by atoms with van der Waals surface area (Å²) in [6.07, 6.45) is 4.69. The molecule has 1 fully saturated rings. The molecule has 2 aromatic carbocycles. The molecule has 1 atom stereocenters. The number of hydrogen-bond acceptors (Lipinski definition) is 2. The van der Waals surface area contributed by atoms with Gasteiger partial charge in [0.2, 0.25) is 5.91 Å². The smallest absolute Gasteiger partial charge is 0.223 e. The predicted molar refractivity (Wildman–Crippen MR) is 103 cm³/mol. The fourth-order valence-corrected chi connectivity index (χ4v) is 4.34. The molecular weight excluding hydrogens is 332 g/mol. The van der Waals surface area contributed by atoms with E-state index in [0.717, 1.165) is 5.56 Å². The first kappa shape index (κ1) is 16.2. The Labute approximate surface area is 153 Å². The van der Waals surface area contributed by atoms with Gasteiger partial charge in [0.15, 0.2) is 0 Å². The average molecular weight is 353 g/mol. The fraction of sp³-hybridized carbons (Fsp3) is 0.286. The number of rotatable bonds is 2. The number of amides is 1. The summed E-state index contributed by atoms with van der Waals surface area (Å²) >= 11 is 6.11. The number of hydrogen-bond donors (Lipinski definition) is 1. The van der Waals surface area contributed by atoms with E-state index >= 15 is 0 Å². The van der Waals surface area contributed by atoms with E-state index in [4.69, 9.17) is 11.6 Å². The van der Waals surface area contributed by atoms with E-state index in [1.807, 2.05) is 24.3 Å². The number of halogens is 1. The van der Waals surface area contributed by atoms with Crippen molar-refractivity contribution in [3.63, 3.8) is 0 Å². The van der Waals surface area contributed by atoms with Crippen molar-refractivity contribution in [2.75, 3.05) is 11.4 Å². The van der Waals surface area contributed by atoms with Crippen molar-refractivity contribution in [3.05, 3.63) is 70.8 Å². The average Bonchev–Trinajstić information content (AvgIpc) is 2.78. The van der Waals surface area contributed by atoms with E-state index < -0.39 is 5.66 Å². The van der Waals surface area contributed by atoms with Crippen molar-refractivity contribution < 1.29 is 4.79 Å². The first-order chi connectivity index (χ1) is 11.9. The molecule has 4 rings (SSSR count). The van der Waals surface area contributed by atoms with Crippen LogP contribution in [0.5, 0.6) is 0 Å². The monoisotopic (exact) mass is 352 g/mol. The maximum absolute atomic E-state index is 12.3. The second-order valence-electron chi connectivity index (χ2n) is 7.25. The maximum atomic E-state index is 12.3. The third-order valence-corrected chi connectivity index (χ3v) is 5.74. The molecule has 2 aliphatic heterocycles. The molecule has 25 heavy (non-hydrogen) atoms. The number of carbonyl (C=O) groups excluding carboxylic acids is 1. The highest BCUT2D eigenvalue weighted by Crippen LogP contribution is 2.52. The van der Waals surface area contributed by atoms with Crippen LogP contribution in [0.1, 0.15) is 31.4 Å². The number of fused-ring (bicyclic) bond motifs is 3. The van der Waals surface area contributed by atoms with Gasteiger partial charge in [-0.05, 0) is 35.4 Å². The summed E-state index contributed by atoms with van der Waals surface area (Å²) in [4.78, 5) is 14.6. The summed E-state index contributed by atoms with van der Waals surface area (Å²) in [5.74, 6) is 0.0906. The minimum Gasteiger partial charge on any atom is -0.344 e. The van der Waals surface area contributed by atoms with Crippen LogP contribution in [0.4, 0.5) is 5.69 Å². The molecule has 0 bridgehead atoms. The highest BCUT2D eigenvalue weighted by atomic mass is 35.5.